The number of aromatic amines is 2. The number of pyridine rings is 1. The Morgan fingerprint density at radius 3 is 2.88 bits per heavy atom. The lowest BCUT2D eigenvalue weighted by Gasteiger charge is -2.10. The lowest BCUT2D eigenvalue weighted by molar-refractivity contribution is 0.0946. The molecule has 5 rings (SSSR count). The maximum Gasteiger partial charge on any atom is 0.253 e. The van der Waals surface area contributed by atoms with Gasteiger partial charge in [0.25, 0.3) is 5.91 Å². The van der Waals surface area contributed by atoms with E-state index in [1.807, 2.05) is 42.5 Å². The van der Waals surface area contributed by atoms with E-state index >= 15 is 0 Å². The number of para-hydroxylation sites is 2. The quantitative estimate of drug-likeness (QED) is 0.459. The monoisotopic (exact) mass is 344 g/mol. The number of carbonyl (C=O) groups excluding carboxylic acids is 1. The molecule has 0 fully saturated rings. The van der Waals surface area contributed by atoms with Gasteiger partial charge in [-0.15, -0.1) is 0 Å². The SMILES string of the molecule is O=C1NCCc2[nH]c(-c3ccnc(Nc4nc5ccccc5[nH]4)c3)cc21. The van der Waals surface area contributed by atoms with Crippen LogP contribution in [0.15, 0.2) is 48.7 Å². The van der Waals surface area contributed by atoms with Crippen LogP contribution in [0, 0.1) is 0 Å². The summed E-state index contributed by atoms with van der Waals surface area (Å²) in [4.78, 5) is 27.4. The van der Waals surface area contributed by atoms with Crippen molar-refractivity contribution in [3.63, 3.8) is 0 Å². The largest absolute Gasteiger partial charge is 0.358 e. The maximum atomic E-state index is 12.0. The number of fused-ring (bicyclic) bond motifs is 2. The van der Waals surface area contributed by atoms with Crippen molar-refractivity contribution in [1.82, 2.24) is 25.3 Å². The highest BCUT2D eigenvalue weighted by Crippen LogP contribution is 2.26. The number of imidazole rings is 1. The van der Waals surface area contributed by atoms with Gasteiger partial charge in [0.05, 0.1) is 16.6 Å². The van der Waals surface area contributed by atoms with Crippen molar-refractivity contribution in [2.24, 2.45) is 0 Å². The Hall–Kier alpha value is -3.61. The maximum absolute atomic E-state index is 12.0. The number of H-pyrrole nitrogens is 2. The lowest BCUT2D eigenvalue weighted by Crippen LogP contribution is -2.31. The molecule has 4 aromatic rings. The van der Waals surface area contributed by atoms with E-state index in [4.69, 9.17) is 0 Å². The zero-order chi connectivity index (χ0) is 17.5. The number of nitrogens with zero attached hydrogens (tertiary/aromatic N) is 2. The van der Waals surface area contributed by atoms with Gasteiger partial charge in [0, 0.05) is 36.1 Å². The Morgan fingerprint density at radius 1 is 1.08 bits per heavy atom. The molecule has 0 unspecified atom stereocenters. The number of hydrogen-bond acceptors (Lipinski definition) is 4. The Balaban J connectivity index is 1.46. The number of carbonyl (C=O) groups is 1. The molecule has 1 aromatic carbocycles. The van der Waals surface area contributed by atoms with Crippen LogP contribution in [0.2, 0.25) is 0 Å². The Bertz CT molecular complexity index is 1090. The van der Waals surface area contributed by atoms with Crippen molar-refractivity contribution >= 4 is 28.7 Å². The number of amides is 1. The molecule has 7 heteroatoms. The molecule has 1 aliphatic heterocycles. The lowest BCUT2D eigenvalue weighted by atomic mass is 10.1. The molecule has 128 valence electrons. The van der Waals surface area contributed by atoms with Gasteiger partial charge in [0.15, 0.2) is 0 Å². The molecule has 1 aliphatic rings. The average molecular weight is 344 g/mol. The van der Waals surface area contributed by atoms with E-state index < -0.39 is 0 Å². The van der Waals surface area contributed by atoms with Gasteiger partial charge >= 0.3 is 0 Å². The zero-order valence-electron chi connectivity index (χ0n) is 13.8. The van der Waals surface area contributed by atoms with Crippen LogP contribution >= 0.6 is 0 Å². The molecule has 0 saturated carbocycles. The topological polar surface area (TPSA) is 98.5 Å². The summed E-state index contributed by atoms with van der Waals surface area (Å²) in [7, 11) is 0. The predicted molar refractivity (Wildman–Crippen MR) is 99.4 cm³/mol. The highest BCUT2D eigenvalue weighted by atomic mass is 16.1. The molecule has 26 heavy (non-hydrogen) atoms. The van der Waals surface area contributed by atoms with E-state index in [1.165, 1.54) is 0 Å². The van der Waals surface area contributed by atoms with E-state index in [0.717, 1.165) is 40.0 Å². The summed E-state index contributed by atoms with van der Waals surface area (Å²) in [6.07, 6.45) is 2.55. The van der Waals surface area contributed by atoms with Gasteiger partial charge in [0.2, 0.25) is 5.95 Å². The number of nitrogens with one attached hydrogen (secondary N) is 4. The van der Waals surface area contributed by atoms with E-state index in [0.29, 0.717) is 18.3 Å². The third-order valence-corrected chi connectivity index (χ3v) is 4.51. The van der Waals surface area contributed by atoms with Crippen molar-refractivity contribution in [3.8, 4) is 11.3 Å². The number of anilines is 2. The first-order valence-corrected chi connectivity index (χ1v) is 8.44. The van der Waals surface area contributed by atoms with E-state index in [9.17, 15) is 4.79 Å². The Morgan fingerprint density at radius 2 is 2.00 bits per heavy atom. The highest BCUT2D eigenvalue weighted by Gasteiger charge is 2.20. The fraction of sp³-hybridized carbons (Fsp3) is 0.105. The Kier molecular flexibility index (Phi) is 3.24. The molecule has 7 nitrogen and oxygen atoms in total. The number of aromatic nitrogens is 4. The summed E-state index contributed by atoms with van der Waals surface area (Å²) in [5.41, 5.74) is 5.42. The van der Waals surface area contributed by atoms with Crippen molar-refractivity contribution in [2.45, 2.75) is 6.42 Å². The van der Waals surface area contributed by atoms with Crippen LogP contribution < -0.4 is 10.6 Å². The molecule has 0 atom stereocenters. The fourth-order valence-electron chi connectivity index (χ4n) is 3.25. The summed E-state index contributed by atoms with van der Waals surface area (Å²) < 4.78 is 0. The summed E-state index contributed by atoms with van der Waals surface area (Å²) in [5, 5.41) is 6.07. The number of hydrogen-bond donors (Lipinski definition) is 4. The first-order chi connectivity index (χ1) is 12.8. The molecule has 1 amide bonds. The molecule has 0 bridgehead atoms. The molecule has 0 aliphatic carbocycles. The van der Waals surface area contributed by atoms with Gasteiger partial charge in [-0.05, 0) is 30.3 Å². The summed E-state index contributed by atoms with van der Waals surface area (Å²) in [6, 6.07) is 13.6. The molecular weight excluding hydrogens is 328 g/mol. The van der Waals surface area contributed by atoms with Crippen LogP contribution in [0.1, 0.15) is 16.1 Å². The first kappa shape index (κ1) is 14.7. The minimum Gasteiger partial charge on any atom is -0.358 e. The van der Waals surface area contributed by atoms with Crippen molar-refractivity contribution < 1.29 is 4.79 Å². The second kappa shape index (κ2) is 5.73. The molecular formula is C19H16N6O. The summed E-state index contributed by atoms with van der Waals surface area (Å²) >= 11 is 0. The molecule has 0 radical (unpaired) electrons. The van der Waals surface area contributed by atoms with Crippen LogP contribution in [0.3, 0.4) is 0 Å². The minimum absolute atomic E-state index is 0.0246. The molecule has 4 N–H and O–H groups in total. The van der Waals surface area contributed by atoms with Gasteiger partial charge in [-0.3, -0.25) is 4.79 Å². The van der Waals surface area contributed by atoms with Gasteiger partial charge in [-0.1, -0.05) is 12.1 Å². The molecule has 0 saturated heterocycles. The highest BCUT2D eigenvalue weighted by molar-refractivity contribution is 5.97. The van der Waals surface area contributed by atoms with Crippen molar-refractivity contribution in [2.75, 3.05) is 11.9 Å². The van der Waals surface area contributed by atoms with Crippen LogP contribution in [0.25, 0.3) is 22.3 Å². The van der Waals surface area contributed by atoms with Gasteiger partial charge < -0.3 is 20.6 Å². The van der Waals surface area contributed by atoms with E-state index in [-0.39, 0.29) is 5.91 Å². The average Bonchev–Trinajstić information content (AvgIpc) is 3.26. The normalized spacial score (nSPS) is 13.5. The van der Waals surface area contributed by atoms with Crippen LogP contribution in [0.4, 0.5) is 11.8 Å². The Labute approximate surface area is 148 Å². The van der Waals surface area contributed by atoms with E-state index in [2.05, 4.69) is 30.6 Å². The third kappa shape index (κ3) is 2.50. The first-order valence-electron chi connectivity index (χ1n) is 8.44. The van der Waals surface area contributed by atoms with Crippen LogP contribution in [-0.4, -0.2) is 32.4 Å². The van der Waals surface area contributed by atoms with Gasteiger partial charge in [0.1, 0.15) is 5.82 Å². The smallest absolute Gasteiger partial charge is 0.253 e. The zero-order valence-corrected chi connectivity index (χ0v) is 13.8. The summed E-state index contributed by atoms with van der Waals surface area (Å²) in [6.45, 7) is 0.668. The second-order valence-corrected chi connectivity index (χ2v) is 6.24. The number of benzene rings is 1. The van der Waals surface area contributed by atoms with Gasteiger partial charge in [-0.2, -0.15) is 0 Å². The fourth-order valence-corrected chi connectivity index (χ4v) is 3.25. The van der Waals surface area contributed by atoms with Crippen LogP contribution in [-0.2, 0) is 6.42 Å². The van der Waals surface area contributed by atoms with Crippen molar-refractivity contribution in [1.29, 1.82) is 0 Å². The number of rotatable bonds is 3. The predicted octanol–water partition coefficient (Wildman–Crippen LogP) is 2.98. The minimum atomic E-state index is -0.0246. The summed E-state index contributed by atoms with van der Waals surface area (Å²) in [5.74, 6) is 1.29. The molecule has 3 aromatic heterocycles. The van der Waals surface area contributed by atoms with E-state index in [1.54, 1.807) is 6.20 Å². The van der Waals surface area contributed by atoms with Crippen LogP contribution in [0.5, 0.6) is 0 Å². The standard InChI is InChI=1S/C19H16N6O/c26-18-12-10-16(22-13(12)6-8-21-18)11-5-7-20-17(9-11)25-19-23-14-3-1-2-4-15(14)24-19/h1-5,7,9-10,22H,6,8H2,(H,21,26)(H2,20,23,24,25). The third-order valence-electron chi connectivity index (χ3n) is 4.51. The molecule has 4 heterocycles. The van der Waals surface area contributed by atoms with Crippen molar-refractivity contribution in [3.05, 3.63) is 59.9 Å². The second-order valence-electron chi connectivity index (χ2n) is 6.24. The molecule has 0 spiro atoms. The van der Waals surface area contributed by atoms with Gasteiger partial charge in [-0.25, -0.2) is 9.97 Å².